The fourth-order valence-corrected chi connectivity index (χ4v) is 1.29. The van der Waals surface area contributed by atoms with Gasteiger partial charge in [-0.05, 0) is 19.3 Å². The zero-order valence-electron chi connectivity index (χ0n) is 9.90. The molecule has 0 aliphatic rings. The molecule has 0 aliphatic heterocycles. The summed E-state index contributed by atoms with van der Waals surface area (Å²) in [5.41, 5.74) is 0.0583. The Labute approximate surface area is 93.4 Å². The standard InChI is InChI=1S/C11H24ClNO/c1-5-11(4,9-12)13-6-7-14-8-10(2)3/h10,13H,5-9H2,1-4H3. The Hall–Kier alpha value is 0.210. The molecule has 0 aromatic rings. The maximum absolute atomic E-state index is 5.87. The Bertz CT molecular complexity index is 135. The van der Waals surface area contributed by atoms with Crippen LogP contribution >= 0.6 is 11.6 Å². The summed E-state index contributed by atoms with van der Waals surface area (Å²) >= 11 is 5.87. The van der Waals surface area contributed by atoms with Crippen LogP contribution in [0.25, 0.3) is 0 Å². The highest BCUT2D eigenvalue weighted by Gasteiger charge is 2.18. The number of rotatable bonds is 8. The molecule has 0 heterocycles. The smallest absolute Gasteiger partial charge is 0.0591 e. The first-order valence-corrected chi connectivity index (χ1v) is 5.96. The molecule has 1 N–H and O–H groups in total. The summed E-state index contributed by atoms with van der Waals surface area (Å²) in [6.07, 6.45) is 1.04. The molecule has 0 saturated carbocycles. The van der Waals surface area contributed by atoms with Gasteiger partial charge in [0.1, 0.15) is 0 Å². The molecule has 1 unspecified atom stereocenters. The highest BCUT2D eigenvalue weighted by molar-refractivity contribution is 6.18. The van der Waals surface area contributed by atoms with Gasteiger partial charge in [0, 0.05) is 24.6 Å². The molecule has 2 nitrogen and oxygen atoms in total. The van der Waals surface area contributed by atoms with E-state index >= 15 is 0 Å². The monoisotopic (exact) mass is 221 g/mol. The Morgan fingerprint density at radius 1 is 1.43 bits per heavy atom. The van der Waals surface area contributed by atoms with E-state index in [9.17, 15) is 0 Å². The molecular formula is C11H24ClNO. The van der Waals surface area contributed by atoms with Crippen molar-refractivity contribution in [3.63, 3.8) is 0 Å². The Morgan fingerprint density at radius 3 is 2.50 bits per heavy atom. The van der Waals surface area contributed by atoms with E-state index in [1.54, 1.807) is 0 Å². The Morgan fingerprint density at radius 2 is 2.07 bits per heavy atom. The molecule has 0 aromatic carbocycles. The van der Waals surface area contributed by atoms with Gasteiger partial charge in [-0.15, -0.1) is 11.6 Å². The summed E-state index contributed by atoms with van der Waals surface area (Å²) in [4.78, 5) is 0. The van der Waals surface area contributed by atoms with E-state index in [-0.39, 0.29) is 5.54 Å². The molecule has 0 aromatic heterocycles. The number of alkyl halides is 1. The third-order valence-electron chi connectivity index (χ3n) is 2.32. The van der Waals surface area contributed by atoms with Crippen LogP contribution in [-0.2, 0) is 4.74 Å². The maximum atomic E-state index is 5.87. The van der Waals surface area contributed by atoms with E-state index < -0.39 is 0 Å². The van der Waals surface area contributed by atoms with Crippen molar-refractivity contribution in [3.05, 3.63) is 0 Å². The van der Waals surface area contributed by atoms with Gasteiger partial charge in [-0.1, -0.05) is 20.8 Å². The minimum atomic E-state index is 0.0583. The fraction of sp³-hybridized carbons (Fsp3) is 1.00. The molecule has 3 heteroatoms. The molecule has 14 heavy (non-hydrogen) atoms. The number of ether oxygens (including phenoxy) is 1. The fourth-order valence-electron chi connectivity index (χ4n) is 1.01. The summed E-state index contributed by atoms with van der Waals surface area (Å²) in [7, 11) is 0. The van der Waals surface area contributed by atoms with Crippen LogP contribution in [0.1, 0.15) is 34.1 Å². The summed E-state index contributed by atoms with van der Waals surface area (Å²) < 4.78 is 5.47. The van der Waals surface area contributed by atoms with Crippen LogP contribution < -0.4 is 5.32 Å². The lowest BCUT2D eigenvalue weighted by Crippen LogP contribution is -2.45. The second-order valence-electron chi connectivity index (χ2n) is 4.44. The molecular weight excluding hydrogens is 198 g/mol. The summed E-state index contributed by atoms with van der Waals surface area (Å²) in [5, 5.41) is 3.41. The second kappa shape index (κ2) is 7.49. The van der Waals surface area contributed by atoms with Crippen molar-refractivity contribution in [2.75, 3.05) is 25.6 Å². The summed E-state index contributed by atoms with van der Waals surface area (Å²) in [6.45, 7) is 11.1. The Kier molecular flexibility index (Phi) is 7.61. The van der Waals surface area contributed by atoms with Crippen molar-refractivity contribution in [1.82, 2.24) is 5.32 Å². The van der Waals surface area contributed by atoms with Crippen LogP contribution in [0, 0.1) is 5.92 Å². The van der Waals surface area contributed by atoms with Crippen molar-refractivity contribution in [1.29, 1.82) is 0 Å². The van der Waals surface area contributed by atoms with Crippen molar-refractivity contribution < 1.29 is 4.74 Å². The molecule has 0 rings (SSSR count). The van der Waals surface area contributed by atoms with E-state index in [4.69, 9.17) is 16.3 Å². The average Bonchev–Trinajstić information content (AvgIpc) is 2.16. The SMILES string of the molecule is CCC(C)(CCl)NCCOCC(C)C. The van der Waals surface area contributed by atoms with Crippen LogP contribution in [0.4, 0.5) is 0 Å². The van der Waals surface area contributed by atoms with Gasteiger partial charge in [0.15, 0.2) is 0 Å². The number of hydrogen-bond donors (Lipinski definition) is 1. The largest absolute Gasteiger partial charge is 0.380 e. The van der Waals surface area contributed by atoms with Gasteiger partial charge >= 0.3 is 0 Å². The molecule has 0 spiro atoms. The number of hydrogen-bond acceptors (Lipinski definition) is 2. The number of nitrogens with one attached hydrogen (secondary N) is 1. The topological polar surface area (TPSA) is 21.3 Å². The third-order valence-corrected chi connectivity index (χ3v) is 2.91. The van der Waals surface area contributed by atoms with E-state index in [2.05, 4.69) is 33.0 Å². The number of halogens is 1. The van der Waals surface area contributed by atoms with E-state index in [1.165, 1.54) is 0 Å². The van der Waals surface area contributed by atoms with Crippen molar-refractivity contribution in [2.45, 2.75) is 39.7 Å². The first-order chi connectivity index (χ1) is 6.54. The zero-order chi connectivity index (χ0) is 11.0. The highest BCUT2D eigenvalue weighted by atomic mass is 35.5. The minimum absolute atomic E-state index is 0.0583. The van der Waals surface area contributed by atoms with Gasteiger partial charge in [-0.25, -0.2) is 0 Å². The van der Waals surface area contributed by atoms with Gasteiger partial charge < -0.3 is 10.1 Å². The normalized spacial score (nSPS) is 15.9. The van der Waals surface area contributed by atoms with E-state index in [0.29, 0.717) is 11.8 Å². The van der Waals surface area contributed by atoms with Gasteiger partial charge in [0.05, 0.1) is 6.61 Å². The maximum Gasteiger partial charge on any atom is 0.0591 e. The first kappa shape index (κ1) is 14.2. The molecule has 0 fully saturated rings. The summed E-state index contributed by atoms with van der Waals surface area (Å²) in [6, 6.07) is 0. The van der Waals surface area contributed by atoms with Gasteiger partial charge in [0.2, 0.25) is 0 Å². The quantitative estimate of drug-likeness (QED) is 0.503. The van der Waals surface area contributed by atoms with E-state index in [1.807, 2.05) is 0 Å². The van der Waals surface area contributed by atoms with Crippen molar-refractivity contribution >= 4 is 11.6 Å². The molecule has 0 saturated heterocycles. The van der Waals surface area contributed by atoms with Gasteiger partial charge in [-0.3, -0.25) is 0 Å². The van der Waals surface area contributed by atoms with Crippen LogP contribution in [0.15, 0.2) is 0 Å². The lowest BCUT2D eigenvalue weighted by Gasteiger charge is -2.27. The molecule has 0 radical (unpaired) electrons. The van der Waals surface area contributed by atoms with Crippen LogP contribution in [0.5, 0.6) is 0 Å². The summed E-state index contributed by atoms with van der Waals surface area (Å²) in [5.74, 6) is 1.26. The molecule has 86 valence electrons. The van der Waals surface area contributed by atoms with Crippen LogP contribution in [0.2, 0.25) is 0 Å². The minimum Gasteiger partial charge on any atom is -0.380 e. The van der Waals surface area contributed by atoms with E-state index in [0.717, 1.165) is 26.2 Å². The predicted molar refractivity (Wildman–Crippen MR) is 63.1 cm³/mol. The lowest BCUT2D eigenvalue weighted by atomic mass is 10.0. The van der Waals surface area contributed by atoms with Crippen LogP contribution in [0.3, 0.4) is 0 Å². The lowest BCUT2D eigenvalue weighted by molar-refractivity contribution is 0.107. The molecule has 0 bridgehead atoms. The van der Waals surface area contributed by atoms with Crippen molar-refractivity contribution in [3.8, 4) is 0 Å². The van der Waals surface area contributed by atoms with Gasteiger partial charge in [-0.2, -0.15) is 0 Å². The predicted octanol–water partition coefficient (Wildman–Crippen LogP) is 2.66. The van der Waals surface area contributed by atoms with Gasteiger partial charge in [0.25, 0.3) is 0 Å². The second-order valence-corrected chi connectivity index (χ2v) is 4.71. The Balaban J connectivity index is 3.43. The molecule has 1 atom stereocenters. The van der Waals surface area contributed by atoms with Crippen LogP contribution in [-0.4, -0.2) is 31.2 Å². The first-order valence-electron chi connectivity index (χ1n) is 5.43. The molecule has 0 aliphatic carbocycles. The third kappa shape index (κ3) is 6.63. The molecule has 0 amide bonds. The van der Waals surface area contributed by atoms with Crippen molar-refractivity contribution in [2.24, 2.45) is 5.92 Å². The average molecular weight is 222 g/mol. The zero-order valence-corrected chi connectivity index (χ0v) is 10.7. The highest BCUT2D eigenvalue weighted by Crippen LogP contribution is 2.10.